The van der Waals surface area contributed by atoms with Gasteiger partial charge in [-0.2, -0.15) is 0 Å². The van der Waals surface area contributed by atoms with E-state index in [0.29, 0.717) is 0 Å². The summed E-state index contributed by atoms with van der Waals surface area (Å²) in [5.41, 5.74) is 1.90. The number of rotatable bonds is 6. The quantitative estimate of drug-likeness (QED) is 0.515. The Hall–Kier alpha value is -1.77. The van der Waals surface area contributed by atoms with Crippen LogP contribution < -0.4 is 4.90 Å². The highest BCUT2D eigenvalue weighted by molar-refractivity contribution is 5.94. The van der Waals surface area contributed by atoms with E-state index in [0.717, 1.165) is 11.3 Å². The maximum atomic E-state index is 12.1. The SMILES string of the molecule is CN(C)c1ccc(/C=C/C(=O)C[C@@H]2O[C@H](CO)[C@H](O)[C@H](O)[C@H]2O)cc1. The second kappa shape index (κ2) is 8.55. The van der Waals surface area contributed by atoms with Gasteiger partial charge < -0.3 is 30.1 Å². The van der Waals surface area contributed by atoms with Crippen LogP contribution in [0, 0.1) is 0 Å². The number of ether oxygens (including phenoxy) is 1. The van der Waals surface area contributed by atoms with Gasteiger partial charge in [0.15, 0.2) is 5.78 Å². The topological polar surface area (TPSA) is 110 Å². The fourth-order valence-electron chi connectivity index (χ4n) is 2.69. The number of aliphatic hydroxyl groups is 4. The molecule has 0 aromatic heterocycles. The van der Waals surface area contributed by atoms with Crippen LogP contribution in [0.3, 0.4) is 0 Å². The first-order valence-electron chi connectivity index (χ1n) is 8.12. The Morgan fingerprint density at radius 3 is 2.24 bits per heavy atom. The molecule has 1 aromatic carbocycles. The number of carbonyl (C=O) groups is 1. The van der Waals surface area contributed by atoms with Gasteiger partial charge in [-0.15, -0.1) is 0 Å². The summed E-state index contributed by atoms with van der Waals surface area (Å²) < 4.78 is 5.33. The van der Waals surface area contributed by atoms with Crippen LogP contribution in [0.15, 0.2) is 30.3 Å². The largest absolute Gasteiger partial charge is 0.394 e. The number of aliphatic hydroxyl groups excluding tert-OH is 4. The van der Waals surface area contributed by atoms with Crippen molar-refractivity contribution in [2.45, 2.75) is 36.9 Å². The van der Waals surface area contributed by atoms with E-state index in [-0.39, 0.29) is 12.2 Å². The van der Waals surface area contributed by atoms with Crippen molar-refractivity contribution < 1.29 is 30.0 Å². The zero-order valence-corrected chi connectivity index (χ0v) is 14.3. The predicted octanol–water partition coefficient (Wildman–Crippen LogP) is -0.433. The molecule has 1 heterocycles. The molecule has 7 nitrogen and oxygen atoms in total. The molecule has 0 spiro atoms. The first-order chi connectivity index (χ1) is 11.8. The maximum Gasteiger partial charge on any atom is 0.158 e. The van der Waals surface area contributed by atoms with Crippen molar-refractivity contribution in [2.75, 3.05) is 25.6 Å². The van der Waals surface area contributed by atoms with E-state index >= 15 is 0 Å². The molecule has 2 rings (SSSR count). The molecule has 1 fully saturated rings. The molecule has 1 aliphatic heterocycles. The first kappa shape index (κ1) is 19.6. The molecule has 5 atom stereocenters. The lowest BCUT2D eigenvalue weighted by Gasteiger charge is -2.39. The number of hydrogen-bond acceptors (Lipinski definition) is 7. The van der Waals surface area contributed by atoms with Gasteiger partial charge in [-0.1, -0.05) is 18.2 Å². The van der Waals surface area contributed by atoms with Crippen LogP contribution in [0.5, 0.6) is 0 Å². The number of ketones is 1. The minimum atomic E-state index is -1.47. The van der Waals surface area contributed by atoms with Crippen LogP contribution >= 0.6 is 0 Å². The minimum absolute atomic E-state index is 0.159. The van der Waals surface area contributed by atoms with Gasteiger partial charge in [0, 0.05) is 26.2 Å². The van der Waals surface area contributed by atoms with Crippen molar-refractivity contribution in [3.05, 3.63) is 35.9 Å². The van der Waals surface area contributed by atoms with Crippen LogP contribution in [0.1, 0.15) is 12.0 Å². The molecule has 0 aliphatic carbocycles. The molecule has 25 heavy (non-hydrogen) atoms. The highest BCUT2D eigenvalue weighted by Gasteiger charge is 2.43. The normalized spacial score (nSPS) is 29.8. The Bertz CT molecular complexity index is 598. The van der Waals surface area contributed by atoms with Crippen molar-refractivity contribution in [2.24, 2.45) is 0 Å². The van der Waals surface area contributed by atoms with Gasteiger partial charge in [-0.3, -0.25) is 4.79 Å². The monoisotopic (exact) mass is 351 g/mol. The summed E-state index contributed by atoms with van der Waals surface area (Å²) in [5, 5.41) is 38.6. The van der Waals surface area contributed by atoms with Gasteiger partial charge in [0.2, 0.25) is 0 Å². The van der Waals surface area contributed by atoms with E-state index < -0.39 is 37.1 Å². The van der Waals surface area contributed by atoms with E-state index in [9.17, 15) is 20.1 Å². The van der Waals surface area contributed by atoms with E-state index in [2.05, 4.69) is 0 Å². The third-order valence-corrected chi connectivity index (χ3v) is 4.26. The van der Waals surface area contributed by atoms with E-state index in [1.165, 1.54) is 6.08 Å². The van der Waals surface area contributed by atoms with Gasteiger partial charge in [-0.25, -0.2) is 0 Å². The van der Waals surface area contributed by atoms with Crippen LogP contribution in [0.2, 0.25) is 0 Å². The number of anilines is 1. The lowest BCUT2D eigenvalue weighted by atomic mass is 9.92. The molecular formula is C18H25NO6. The Kier molecular flexibility index (Phi) is 6.69. The summed E-state index contributed by atoms with van der Waals surface area (Å²) in [4.78, 5) is 14.1. The summed E-state index contributed by atoms with van der Waals surface area (Å²) in [6.45, 7) is -0.510. The number of nitrogens with zero attached hydrogens (tertiary/aromatic N) is 1. The molecule has 1 aromatic rings. The molecular weight excluding hydrogens is 326 g/mol. The molecule has 0 unspecified atom stereocenters. The Labute approximate surface area is 146 Å². The van der Waals surface area contributed by atoms with Crippen molar-refractivity contribution in [3.8, 4) is 0 Å². The number of carbonyl (C=O) groups excluding carboxylic acids is 1. The average Bonchev–Trinajstić information content (AvgIpc) is 2.60. The van der Waals surface area contributed by atoms with Gasteiger partial charge >= 0.3 is 0 Å². The Balaban J connectivity index is 1.96. The molecule has 7 heteroatoms. The van der Waals surface area contributed by atoms with Gasteiger partial charge in [-0.05, 0) is 23.8 Å². The second-order valence-electron chi connectivity index (χ2n) is 6.36. The zero-order valence-electron chi connectivity index (χ0n) is 14.3. The molecule has 1 aliphatic rings. The number of allylic oxidation sites excluding steroid dienone is 1. The van der Waals surface area contributed by atoms with Crippen molar-refractivity contribution >= 4 is 17.5 Å². The highest BCUT2D eigenvalue weighted by atomic mass is 16.5. The van der Waals surface area contributed by atoms with Crippen LogP contribution in [0.25, 0.3) is 6.08 Å². The first-order valence-corrected chi connectivity index (χ1v) is 8.12. The lowest BCUT2D eigenvalue weighted by molar-refractivity contribution is -0.229. The highest BCUT2D eigenvalue weighted by Crippen LogP contribution is 2.23. The van der Waals surface area contributed by atoms with Crippen LogP contribution in [-0.4, -0.2) is 77.4 Å². The molecule has 0 bridgehead atoms. The maximum absolute atomic E-state index is 12.1. The molecule has 0 amide bonds. The molecule has 1 saturated heterocycles. The van der Waals surface area contributed by atoms with Crippen LogP contribution in [-0.2, 0) is 9.53 Å². The fourth-order valence-corrected chi connectivity index (χ4v) is 2.69. The van der Waals surface area contributed by atoms with E-state index in [1.54, 1.807) is 6.08 Å². The summed E-state index contributed by atoms with van der Waals surface area (Å²) in [5.74, 6) is -0.291. The summed E-state index contributed by atoms with van der Waals surface area (Å²) >= 11 is 0. The standard InChI is InChI=1S/C18H25NO6/c1-19(2)12-6-3-11(4-7-12)5-8-13(21)9-14-16(22)18(24)17(23)15(10-20)25-14/h3-8,14-18,20,22-24H,9-10H2,1-2H3/b8-5+/t14-,15+,16-,17-,18+/m0/s1. The minimum Gasteiger partial charge on any atom is -0.394 e. The summed E-state index contributed by atoms with van der Waals surface area (Å²) in [7, 11) is 3.88. The number of hydrogen-bond donors (Lipinski definition) is 4. The molecule has 0 saturated carbocycles. The average molecular weight is 351 g/mol. The van der Waals surface area contributed by atoms with Crippen LogP contribution in [0.4, 0.5) is 5.69 Å². The number of benzene rings is 1. The van der Waals surface area contributed by atoms with Crippen molar-refractivity contribution in [1.82, 2.24) is 0 Å². The third kappa shape index (κ3) is 4.87. The zero-order chi connectivity index (χ0) is 18.6. The van der Waals surface area contributed by atoms with Gasteiger partial charge in [0.25, 0.3) is 0 Å². The van der Waals surface area contributed by atoms with E-state index in [4.69, 9.17) is 9.84 Å². The van der Waals surface area contributed by atoms with Gasteiger partial charge in [0.05, 0.1) is 12.7 Å². The fraction of sp³-hybridized carbons (Fsp3) is 0.500. The molecule has 4 N–H and O–H groups in total. The lowest BCUT2D eigenvalue weighted by Crippen LogP contribution is -2.58. The van der Waals surface area contributed by atoms with Gasteiger partial charge in [0.1, 0.15) is 24.4 Å². The second-order valence-corrected chi connectivity index (χ2v) is 6.36. The molecule has 138 valence electrons. The summed E-state index contributed by atoms with van der Waals surface area (Å²) in [6, 6.07) is 7.63. The Morgan fingerprint density at radius 2 is 1.68 bits per heavy atom. The van der Waals surface area contributed by atoms with E-state index in [1.807, 2.05) is 43.3 Å². The molecule has 0 radical (unpaired) electrons. The third-order valence-electron chi connectivity index (χ3n) is 4.26. The summed E-state index contributed by atoms with van der Waals surface area (Å²) in [6.07, 6.45) is -3.38. The Morgan fingerprint density at radius 1 is 1.08 bits per heavy atom. The van der Waals surface area contributed by atoms with Crippen molar-refractivity contribution in [1.29, 1.82) is 0 Å². The van der Waals surface area contributed by atoms with Crippen molar-refractivity contribution in [3.63, 3.8) is 0 Å². The predicted molar refractivity (Wildman–Crippen MR) is 93.2 cm³/mol. The smallest absolute Gasteiger partial charge is 0.158 e.